The molecule has 12 heteroatoms. The molecule has 0 radical (unpaired) electrons. The van der Waals surface area contributed by atoms with Crippen molar-refractivity contribution in [3.8, 4) is 11.5 Å². The van der Waals surface area contributed by atoms with Gasteiger partial charge in [-0.2, -0.15) is 13.2 Å². The Labute approximate surface area is 156 Å². The number of alkyl halides is 3. The Bertz CT molecular complexity index is 806. The number of phenols is 2. The van der Waals surface area contributed by atoms with Crippen LogP contribution in [0, 0.1) is 10.1 Å². The SMILES string of the molecule is CN(C(=O)NC(=O)c1c(C(F)(F)F)cc(O)c(O)c1[N+](=O)[O-])C1CCCCC1. The topological polar surface area (TPSA) is 133 Å². The van der Waals surface area contributed by atoms with Crippen LogP contribution in [0.1, 0.15) is 48.0 Å². The predicted molar refractivity (Wildman–Crippen MR) is 88.9 cm³/mol. The second-order valence-electron chi connectivity index (χ2n) is 6.43. The average Bonchev–Trinajstić information content (AvgIpc) is 2.62. The summed E-state index contributed by atoms with van der Waals surface area (Å²) >= 11 is 0. The molecule has 0 aliphatic heterocycles. The first-order chi connectivity index (χ1) is 12.9. The number of nitrogens with one attached hydrogen (secondary N) is 1. The van der Waals surface area contributed by atoms with Gasteiger partial charge in [0.1, 0.15) is 5.56 Å². The van der Waals surface area contributed by atoms with Crippen LogP contribution in [0.2, 0.25) is 0 Å². The lowest BCUT2D eigenvalue weighted by Crippen LogP contribution is -2.46. The molecule has 0 heterocycles. The van der Waals surface area contributed by atoms with Crippen LogP contribution in [-0.2, 0) is 6.18 Å². The molecule has 0 unspecified atom stereocenters. The number of imide groups is 1. The van der Waals surface area contributed by atoms with E-state index in [0.29, 0.717) is 12.8 Å². The van der Waals surface area contributed by atoms with Crippen molar-refractivity contribution in [1.82, 2.24) is 10.2 Å². The number of halogens is 3. The molecule has 154 valence electrons. The number of phenolic OH excluding ortho intramolecular Hbond substituents is 2. The average molecular weight is 405 g/mol. The van der Waals surface area contributed by atoms with E-state index in [0.717, 1.165) is 24.2 Å². The van der Waals surface area contributed by atoms with Crippen LogP contribution in [0.5, 0.6) is 11.5 Å². The molecule has 0 atom stereocenters. The standard InChI is InChI=1S/C16H18F3N3O6/c1-21(8-5-3-2-4-6-8)15(26)20-14(25)11-9(16(17,18)19)7-10(23)13(24)12(11)22(27)28/h7-8,23-24H,2-6H2,1H3,(H,20,25,26). The molecule has 1 fully saturated rings. The molecule has 3 N–H and O–H groups in total. The fourth-order valence-corrected chi connectivity index (χ4v) is 3.16. The summed E-state index contributed by atoms with van der Waals surface area (Å²) in [7, 11) is 1.37. The van der Waals surface area contributed by atoms with E-state index in [9.17, 15) is 43.1 Å². The van der Waals surface area contributed by atoms with Crippen LogP contribution >= 0.6 is 0 Å². The highest BCUT2D eigenvalue weighted by Crippen LogP contribution is 2.45. The van der Waals surface area contributed by atoms with Gasteiger partial charge >= 0.3 is 17.9 Å². The zero-order valence-corrected chi connectivity index (χ0v) is 14.7. The van der Waals surface area contributed by atoms with E-state index in [1.807, 2.05) is 0 Å². The second kappa shape index (κ2) is 7.90. The molecule has 1 saturated carbocycles. The number of benzene rings is 1. The molecule has 0 saturated heterocycles. The van der Waals surface area contributed by atoms with Crippen molar-refractivity contribution in [3.05, 3.63) is 27.3 Å². The Kier molecular flexibility index (Phi) is 6.00. The highest BCUT2D eigenvalue weighted by Gasteiger charge is 2.43. The number of urea groups is 1. The maximum absolute atomic E-state index is 13.3. The molecule has 0 spiro atoms. The fraction of sp³-hybridized carbons (Fsp3) is 0.500. The molecule has 0 aromatic heterocycles. The van der Waals surface area contributed by atoms with Crippen LogP contribution in [0.25, 0.3) is 0 Å². The summed E-state index contributed by atoms with van der Waals surface area (Å²) in [5.74, 6) is -4.63. The fourth-order valence-electron chi connectivity index (χ4n) is 3.16. The first-order valence-corrected chi connectivity index (χ1v) is 8.33. The lowest BCUT2D eigenvalue weighted by Gasteiger charge is -2.31. The largest absolute Gasteiger partial charge is 0.504 e. The van der Waals surface area contributed by atoms with E-state index >= 15 is 0 Å². The smallest absolute Gasteiger partial charge is 0.417 e. The van der Waals surface area contributed by atoms with Crippen molar-refractivity contribution in [1.29, 1.82) is 0 Å². The third-order valence-electron chi connectivity index (χ3n) is 4.63. The number of nitro groups is 1. The van der Waals surface area contributed by atoms with E-state index in [2.05, 4.69) is 0 Å². The number of aromatic hydroxyl groups is 2. The molecular formula is C16H18F3N3O6. The highest BCUT2D eigenvalue weighted by atomic mass is 19.4. The minimum absolute atomic E-state index is 0.00737. The van der Waals surface area contributed by atoms with Gasteiger partial charge < -0.3 is 15.1 Å². The van der Waals surface area contributed by atoms with Gasteiger partial charge in [0, 0.05) is 13.1 Å². The minimum Gasteiger partial charge on any atom is -0.504 e. The summed E-state index contributed by atoms with van der Waals surface area (Å²) in [4.78, 5) is 35.5. The quantitative estimate of drug-likeness (QED) is 0.402. The first-order valence-electron chi connectivity index (χ1n) is 8.33. The Morgan fingerprint density at radius 3 is 2.32 bits per heavy atom. The first kappa shape index (κ1) is 21.3. The molecule has 1 aliphatic carbocycles. The van der Waals surface area contributed by atoms with Crippen molar-refractivity contribution in [3.63, 3.8) is 0 Å². The van der Waals surface area contributed by atoms with Crippen LogP contribution in [0.3, 0.4) is 0 Å². The highest BCUT2D eigenvalue weighted by molar-refractivity contribution is 6.08. The van der Waals surface area contributed by atoms with Crippen LogP contribution in [0.4, 0.5) is 23.7 Å². The van der Waals surface area contributed by atoms with Crippen LogP contribution < -0.4 is 5.32 Å². The zero-order chi connectivity index (χ0) is 21.2. The molecule has 3 amide bonds. The summed E-state index contributed by atoms with van der Waals surface area (Å²) in [6, 6.07) is -1.24. The third kappa shape index (κ3) is 4.26. The van der Waals surface area contributed by atoms with Gasteiger partial charge in [-0.25, -0.2) is 4.79 Å². The van der Waals surface area contributed by atoms with Crippen molar-refractivity contribution >= 4 is 17.6 Å². The van der Waals surface area contributed by atoms with Crippen molar-refractivity contribution in [2.24, 2.45) is 0 Å². The van der Waals surface area contributed by atoms with Gasteiger partial charge in [0.05, 0.1) is 10.5 Å². The number of rotatable bonds is 3. The summed E-state index contributed by atoms with van der Waals surface area (Å²) < 4.78 is 39.8. The summed E-state index contributed by atoms with van der Waals surface area (Å²) in [6.45, 7) is 0. The van der Waals surface area contributed by atoms with Gasteiger partial charge in [-0.05, 0) is 18.9 Å². The molecule has 2 rings (SSSR count). The molecule has 1 aromatic rings. The van der Waals surface area contributed by atoms with Gasteiger partial charge in [-0.1, -0.05) is 19.3 Å². The number of nitro benzene ring substituents is 1. The molecule has 28 heavy (non-hydrogen) atoms. The number of nitrogens with zero attached hydrogens (tertiary/aromatic N) is 2. The lowest BCUT2D eigenvalue weighted by atomic mass is 9.95. The molecular weight excluding hydrogens is 387 g/mol. The maximum atomic E-state index is 13.3. The van der Waals surface area contributed by atoms with E-state index in [4.69, 9.17) is 0 Å². The van der Waals surface area contributed by atoms with Crippen molar-refractivity contribution < 1.29 is 37.9 Å². The van der Waals surface area contributed by atoms with Gasteiger partial charge in [0.25, 0.3) is 5.91 Å². The van der Waals surface area contributed by atoms with Gasteiger partial charge in [-0.15, -0.1) is 0 Å². The van der Waals surface area contributed by atoms with E-state index in [1.165, 1.54) is 7.05 Å². The van der Waals surface area contributed by atoms with Crippen LogP contribution in [-0.4, -0.2) is 45.1 Å². The molecule has 1 aromatic carbocycles. The van der Waals surface area contributed by atoms with Crippen molar-refractivity contribution in [2.45, 2.75) is 44.3 Å². The van der Waals surface area contributed by atoms with E-state index in [-0.39, 0.29) is 12.1 Å². The lowest BCUT2D eigenvalue weighted by molar-refractivity contribution is -0.386. The summed E-state index contributed by atoms with van der Waals surface area (Å²) in [5, 5.41) is 31.8. The Morgan fingerprint density at radius 1 is 1.25 bits per heavy atom. The van der Waals surface area contributed by atoms with Gasteiger partial charge in [0.2, 0.25) is 5.75 Å². The number of hydrogen-bond acceptors (Lipinski definition) is 6. The Balaban J connectivity index is 2.42. The predicted octanol–water partition coefficient (Wildman–Crippen LogP) is 3.14. The monoisotopic (exact) mass is 405 g/mol. The maximum Gasteiger partial charge on any atom is 0.417 e. The van der Waals surface area contributed by atoms with Gasteiger partial charge in [0.15, 0.2) is 5.75 Å². The Hall–Kier alpha value is -3.05. The van der Waals surface area contributed by atoms with Crippen molar-refractivity contribution in [2.75, 3.05) is 7.05 Å². The Morgan fingerprint density at radius 2 is 1.82 bits per heavy atom. The normalized spacial score (nSPS) is 15.1. The molecule has 1 aliphatic rings. The summed E-state index contributed by atoms with van der Waals surface area (Å²) in [5.41, 5.74) is -5.05. The van der Waals surface area contributed by atoms with Gasteiger partial charge in [-0.3, -0.25) is 20.2 Å². The second-order valence-corrected chi connectivity index (χ2v) is 6.43. The minimum atomic E-state index is -5.26. The van der Waals surface area contributed by atoms with Crippen LogP contribution in [0.15, 0.2) is 6.07 Å². The molecule has 9 nitrogen and oxygen atoms in total. The number of hydrogen-bond donors (Lipinski definition) is 3. The number of carbonyl (C=O) groups excluding carboxylic acids is 2. The summed E-state index contributed by atoms with van der Waals surface area (Å²) in [6.07, 6.45) is -1.25. The molecule has 0 bridgehead atoms. The van der Waals surface area contributed by atoms with E-state index in [1.54, 1.807) is 5.32 Å². The third-order valence-corrected chi connectivity index (χ3v) is 4.63. The number of carbonyl (C=O) groups is 2. The van der Waals surface area contributed by atoms with E-state index < -0.39 is 51.4 Å². The number of amides is 3. The zero-order valence-electron chi connectivity index (χ0n) is 14.7.